The van der Waals surface area contributed by atoms with Gasteiger partial charge in [-0.1, -0.05) is 42.2 Å². The van der Waals surface area contributed by atoms with Gasteiger partial charge in [-0.2, -0.15) is 0 Å². The molecule has 1 saturated heterocycles. The van der Waals surface area contributed by atoms with E-state index < -0.39 is 11.7 Å². The van der Waals surface area contributed by atoms with Crippen LogP contribution in [0, 0.1) is 19.7 Å². The van der Waals surface area contributed by atoms with E-state index in [-0.39, 0.29) is 22.5 Å². The number of ether oxygens (including phenoxy) is 2. The average Bonchev–Trinajstić information content (AvgIpc) is 3.14. The van der Waals surface area contributed by atoms with Gasteiger partial charge in [0.25, 0.3) is 11.8 Å². The number of para-hydroxylation sites is 1. The van der Waals surface area contributed by atoms with Gasteiger partial charge in [-0.05, 0) is 88.9 Å². The van der Waals surface area contributed by atoms with E-state index in [1.54, 1.807) is 36.4 Å². The summed E-state index contributed by atoms with van der Waals surface area (Å²) in [5, 5.41) is 2.83. The molecule has 6 nitrogen and oxygen atoms in total. The number of carbonyl (C=O) groups is 2. The van der Waals surface area contributed by atoms with Crippen LogP contribution in [0.4, 0.5) is 15.8 Å². The van der Waals surface area contributed by atoms with Gasteiger partial charge in [0.2, 0.25) is 0 Å². The molecule has 3 aromatic rings. The fourth-order valence-corrected chi connectivity index (χ4v) is 5.40. The lowest BCUT2D eigenvalue weighted by Gasteiger charge is -2.15. The third-order valence-corrected chi connectivity index (χ3v) is 7.55. The molecule has 0 spiro atoms. The highest BCUT2D eigenvalue weighted by Crippen LogP contribution is 2.38. The number of carbonyl (C=O) groups excluding carboxylic acids is 2. The van der Waals surface area contributed by atoms with Crippen LogP contribution in [0.1, 0.15) is 16.7 Å². The third kappa shape index (κ3) is 6.03. The Hall–Kier alpha value is -3.21. The molecule has 3 aromatic carbocycles. The summed E-state index contributed by atoms with van der Waals surface area (Å²) in [6, 6.07) is 14.9. The van der Waals surface area contributed by atoms with Gasteiger partial charge in [-0.3, -0.25) is 14.5 Å². The lowest BCUT2D eigenvalue weighted by molar-refractivity contribution is -0.118. The molecule has 0 aromatic heterocycles. The topological polar surface area (TPSA) is 67.9 Å². The minimum absolute atomic E-state index is 0.112. The van der Waals surface area contributed by atoms with Crippen LogP contribution in [0.15, 0.2) is 64.0 Å². The van der Waals surface area contributed by atoms with E-state index in [0.717, 1.165) is 27.4 Å². The Morgan fingerprint density at radius 2 is 1.86 bits per heavy atom. The smallest absolute Gasteiger partial charge is 0.270 e. The van der Waals surface area contributed by atoms with E-state index in [1.165, 1.54) is 24.1 Å². The largest absolute Gasteiger partial charge is 0.493 e. The standard InChI is InChI=1S/C27H22BrFN2O4S2/c1-15-10-18(28)20(11-16(15)2)30-25(32)14-35-22-9-8-17(12-23(22)34-3)13-24-26(33)31(27(36)37-24)21-7-5-4-6-19(21)29/h4-13H,14H2,1-3H3,(H,30,32)/b24-13-. The Balaban J connectivity index is 1.46. The second-order valence-corrected chi connectivity index (χ2v) is 10.7. The zero-order valence-electron chi connectivity index (χ0n) is 20.1. The van der Waals surface area contributed by atoms with Crippen LogP contribution in [0.5, 0.6) is 11.5 Å². The molecule has 2 amide bonds. The maximum Gasteiger partial charge on any atom is 0.270 e. The van der Waals surface area contributed by atoms with Crippen LogP contribution in [0.25, 0.3) is 6.08 Å². The normalized spacial score (nSPS) is 14.3. The van der Waals surface area contributed by atoms with Crippen LogP contribution in [-0.2, 0) is 9.59 Å². The fraction of sp³-hybridized carbons (Fsp3) is 0.148. The van der Waals surface area contributed by atoms with Crippen LogP contribution >= 0.6 is 39.9 Å². The van der Waals surface area contributed by atoms with Gasteiger partial charge in [0.05, 0.1) is 23.4 Å². The molecule has 10 heteroatoms. The molecule has 1 fully saturated rings. The summed E-state index contributed by atoms with van der Waals surface area (Å²) in [4.78, 5) is 27.0. The molecule has 190 valence electrons. The number of hydrogen-bond acceptors (Lipinski definition) is 6. The summed E-state index contributed by atoms with van der Waals surface area (Å²) in [7, 11) is 1.48. The Bertz CT molecular complexity index is 1440. The van der Waals surface area contributed by atoms with Crippen molar-refractivity contribution in [1.82, 2.24) is 0 Å². The second kappa shape index (κ2) is 11.5. The van der Waals surface area contributed by atoms with Gasteiger partial charge < -0.3 is 14.8 Å². The SMILES string of the molecule is COc1cc(/C=C2\SC(=S)N(c3ccccc3F)C2=O)ccc1OCC(=O)Nc1cc(C)c(C)cc1Br. The summed E-state index contributed by atoms with van der Waals surface area (Å²) in [6.45, 7) is 3.74. The number of rotatable bonds is 7. The van der Waals surface area contributed by atoms with Crippen molar-refractivity contribution in [2.24, 2.45) is 0 Å². The molecular weight excluding hydrogens is 579 g/mol. The number of nitrogens with zero attached hydrogens (tertiary/aromatic N) is 1. The van der Waals surface area contributed by atoms with Gasteiger partial charge in [-0.25, -0.2) is 4.39 Å². The number of aryl methyl sites for hydroxylation is 2. The first-order valence-corrected chi connectivity index (χ1v) is 13.1. The molecule has 4 rings (SSSR count). The average molecular weight is 602 g/mol. The highest BCUT2D eigenvalue weighted by Gasteiger charge is 2.34. The maximum absolute atomic E-state index is 14.2. The Labute approximate surface area is 232 Å². The Morgan fingerprint density at radius 1 is 1.14 bits per heavy atom. The first kappa shape index (κ1) is 26.8. The van der Waals surface area contributed by atoms with Crippen LogP contribution < -0.4 is 19.7 Å². The van der Waals surface area contributed by atoms with Gasteiger partial charge in [-0.15, -0.1) is 0 Å². The molecule has 1 heterocycles. The molecule has 0 aliphatic carbocycles. The highest BCUT2D eigenvalue weighted by atomic mass is 79.9. The fourth-order valence-electron chi connectivity index (χ4n) is 3.56. The van der Waals surface area contributed by atoms with E-state index in [1.807, 2.05) is 26.0 Å². The first-order chi connectivity index (χ1) is 17.7. The molecule has 0 unspecified atom stereocenters. The number of thiocarbonyl (C=S) groups is 1. The minimum atomic E-state index is -0.530. The maximum atomic E-state index is 14.2. The van der Waals surface area contributed by atoms with Gasteiger partial charge in [0.15, 0.2) is 22.4 Å². The van der Waals surface area contributed by atoms with E-state index in [9.17, 15) is 14.0 Å². The number of halogens is 2. The van der Waals surface area contributed by atoms with Crippen molar-refractivity contribution < 1.29 is 23.5 Å². The number of nitrogens with one attached hydrogen (secondary N) is 1. The number of benzene rings is 3. The zero-order chi connectivity index (χ0) is 26.7. The molecule has 1 N–H and O–H groups in total. The number of anilines is 2. The van der Waals surface area contributed by atoms with Gasteiger partial charge in [0, 0.05) is 4.47 Å². The summed E-state index contributed by atoms with van der Waals surface area (Å²) in [5.74, 6) is -0.510. The summed E-state index contributed by atoms with van der Waals surface area (Å²) in [6.07, 6.45) is 1.65. The summed E-state index contributed by atoms with van der Waals surface area (Å²) < 4.78 is 26.4. The second-order valence-electron chi connectivity index (χ2n) is 8.13. The Kier molecular flexibility index (Phi) is 8.31. The lowest BCUT2D eigenvalue weighted by Crippen LogP contribution is -2.28. The van der Waals surface area contributed by atoms with Crippen molar-refractivity contribution in [1.29, 1.82) is 0 Å². The molecule has 0 radical (unpaired) electrons. The van der Waals surface area contributed by atoms with Crippen molar-refractivity contribution in [2.45, 2.75) is 13.8 Å². The van der Waals surface area contributed by atoms with Crippen molar-refractivity contribution in [3.05, 3.63) is 86.5 Å². The highest BCUT2D eigenvalue weighted by molar-refractivity contribution is 9.10. The van der Waals surface area contributed by atoms with Crippen molar-refractivity contribution in [2.75, 3.05) is 23.9 Å². The van der Waals surface area contributed by atoms with E-state index in [2.05, 4.69) is 21.2 Å². The molecule has 37 heavy (non-hydrogen) atoms. The van der Waals surface area contributed by atoms with Gasteiger partial charge >= 0.3 is 0 Å². The number of thioether (sulfide) groups is 1. The van der Waals surface area contributed by atoms with Crippen molar-refractivity contribution >= 4 is 73.5 Å². The Morgan fingerprint density at radius 3 is 2.59 bits per heavy atom. The van der Waals surface area contributed by atoms with E-state index in [4.69, 9.17) is 21.7 Å². The lowest BCUT2D eigenvalue weighted by atomic mass is 10.1. The van der Waals surface area contributed by atoms with Crippen LogP contribution in [0.2, 0.25) is 0 Å². The van der Waals surface area contributed by atoms with E-state index in [0.29, 0.717) is 27.7 Å². The predicted octanol–water partition coefficient (Wildman–Crippen LogP) is 6.64. The molecule has 1 aliphatic heterocycles. The number of hydrogen-bond donors (Lipinski definition) is 1. The quantitative estimate of drug-likeness (QED) is 0.242. The molecule has 0 bridgehead atoms. The monoisotopic (exact) mass is 600 g/mol. The van der Waals surface area contributed by atoms with Gasteiger partial charge in [0.1, 0.15) is 5.82 Å². The van der Waals surface area contributed by atoms with Crippen molar-refractivity contribution in [3.63, 3.8) is 0 Å². The molecular formula is C27H22BrFN2O4S2. The number of amides is 2. The molecule has 0 atom stereocenters. The first-order valence-electron chi connectivity index (χ1n) is 11.1. The van der Waals surface area contributed by atoms with E-state index >= 15 is 0 Å². The summed E-state index contributed by atoms with van der Waals surface area (Å²) >= 11 is 9.88. The van der Waals surface area contributed by atoms with Crippen LogP contribution in [-0.4, -0.2) is 29.9 Å². The van der Waals surface area contributed by atoms with Crippen molar-refractivity contribution in [3.8, 4) is 11.5 Å². The third-order valence-electron chi connectivity index (χ3n) is 5.59. The molecule has 0 saturated carbocycles. The predicted molar refractivity (Wildman–Crippen MR) is 153 cm³/mol. The minimum Gasteiger partial charge on any atom is -0.493 e. The zero-order valence-corrected chi connectivity index (χ0v) is 23.4. The summed E-state index contributed by atoms with van der Waals surface area (Å²) in [5.41, 5.74) is 3.59. The van der Waals surface area contributed by atoms with Crippen LogP contribution in [0.3, 0.4) is 0 Å². The number of methoxy groups -OCH3 is 1. The molecule has 1 aliphatic rings.